The van der Waals surface area contributed by atoms with Gasteiger partial charge in [-0.2, -0.15) is 0 Å². The summed E-state index contributed by atoms with van der Waals surface area (Å²) in [5.74, 6) is 1.51. The topological polar surface area (TPSA) is 45.2 Å². The molecule has 0 spiro atoms. The Bertz CT molecular complexity index is 1270. The fourth-order valence-corrected chi connectivity index (χ4v) is 6.04. The van der Waals surface area contributed by atoms with Crippen molar-refractivity contribution in [2.75, 3.05) is 38.3 Å². The highest BCUT2D eigenvalue weighted by molar-refractivity contribution is 5.60. The number of halogens is 1. The van der Waals surface area contributed by atoms with Crippen molar-refractivity contribution in [1.29, 1.82) is 0 Å². The first-order valence-electron chi connectivity index (χ1n) is 14.3. The number of anilines is 1. The number of methoxy groups -OCH3 is 1. The van der Waals surface area contributed by atoms with E-state index in [0.29, 0.717) is 30.6 Å². The van der Waals surface area contributed by atoms with Gasteiger partial charge in [-0.1, -0.05) is 18.2 Å². The molecule has 5 nitrogen and oxygen atoms in total. The zero-order chi connectivity index (χ0) is 27.4. The number of hydrogen-bond acceptors (Lipinski definition) is 5. The van der Waals surface area contributed by atoms with Crippen molar-refractivity contribution < 1.29 is 19.0 Å². The monoisotopic (exact) mass is 532 g/mol. The molecule has 3 aromatic rings. The number of rotatable bonds is 10. The maximum atomic E-state index is 15.1. The van der Waals surface area contributed by atoms with Crippen LogP contribution in [0.1, 0.15) is 61.3 Å². The van der Waals surface area contributed by atoms with Gasteiger partial charge in [0.25, 0.3) is 0 Å². The van der Waals surface area contributed by atoms with Crippen molar-refractivity contribution in [1.82, 2.24) is 4.90 Å². The third kappa shape index (κ3) is 6.50. The van der Waals surface area contributed by atoms with Gasteiger partial charge >= 0.3 is 0 Å². The number of hydrogen-bond donors (Lipinski definition) is 1. The standard InChI is InChI=1S/C33H41FN2O3/c1-23(2)36(22-24-6-13-33(31(34)18-24)39-17-16-35-14-4-5-15-35)32-21-29(38-3)11-12-30(32)27-8-7-26-20-28(37)10-9-25(26)19-27/h6,9-13,18,20-21,23,27,37H,4-5,7-8,14-17,19,22H2,1-3H3/t27-/m1/s1. The van der Waals surface area contributed by atoms with Gasteiger partial charge < -0.3 is 19.5 Å². The number of fused-ring (bicyclic) bond motifs is 1. The van der Waals surface area contributed by atoms with E-state index < -0.39 is 0 Å². The molecular formula is C33H41FN2O3. The van der Waals surface area contributed by atoms with Crippen LogP contribution in [0.5, 0.6) is 17.2 Å². The average Bonchev–Trinajstić information content (AvgIpc) is 3.46. The second kappa shape index (κ2) is 12.3. The molecule has 5 rings (SSSR count). The highest BCUT2D eigenvalue weighted by Gasteiger charge is 2.26. The van der Waals surface area contributed by atoms with Crippen molar-refractivity contribution in [2.24, 2.45) is 0 Å². The minimum absolute atomic E-state index is 0.197. The van der Waals surface area contributed by atoms with E-state index in [1.165, 1.54) is 29.5 Å². The summed E-state index contributed by atoms with van der Waals surface area (Å²) in [5.41, 5.74) is 5.85. The summed E-state index contributed by atoms with van der Waals surface area (Å²) in [6.07, 6.45) is 5.36. The molecule has 39 heavy (non-hydrogen) atoms. The van der Waals surface area contributed by atoms with Gasteiger partial charge in [0, 0.05) is 30.9 Å². The van der Waals surface area contributed by atoms with E-state index in [0.717, 1.165) is 55.9 Å². The summed E-state index contributed by atoms with van der Waals surface area (Å²) >= 11 is 0. The molecule has 3 aromatic carbocycles. The van der Waals surface area contributed by atoms with Crippen LogP contribution < -0.4 is 14.4 Å². The number of phenols is 1. The Hall–Kier alpha value is -3.25. The van der Waals surface area contributed by atoms with E-state index in [4.69, 9.17) is 9.47 Å². The molecule has 1 aliphatic carbocycles. The second-order valence-electron chi connectivity index (χ2n) is 11.2. The zero-order valence-electron chi connectivity index (χ0n) is 23.5. The maximum absolute atomic E-state index is 15.1. The normalized spacial score (nSPS) is 17.3. The highest BCUT2D eigenvalue weighted by Crippen LogP contribution is 2.40. The van der Waals surface area contributed by atoms with Crippen LogP contribution >= 0.6 is 0 Å². The van der Waals surface area contributed by atoms with Crippen LogP contribution in [0.4, 0.5) is 10.1 Å². The van der Waals surface area contributed by atoms with Gasteiger partial charge in [-0.15, -0.1) is 0 Å². The van der Waals surface area contributed by atoms with Crippen LogP contribution in [-0.2, 0) is 19.4 Å². The van der Waals surface area contributed by atoms with E-state index in [1.54, 1.807) is 25.3 Å². The Labute approximate surface area is 232 Å². The number of phenolic OH excluding ortho intramolecular Hbond substituents is 1. The molecule has 0 unspecified atom stereocenters. The van der Waals surface area contributed by atoms with Gasteiger partial charge in [0.15, 0.2) is 11.6 Å². The zero-order valence-corrected chi connectivity index (χ0v) is 23.5. The number of aromatic hydroxyl groups is 1. The Morgan fingerprint density at radius 1 is 1.03 bits per heavy atom. The quantitative estimate of drug-likeness (QED) is 0.315. The minimum Gasteiger partial charge on any atom is -0.508 e. The van der Waals surface area contributed by atoms with Crippen LogP contribution in [0.25, 0.3) is 0 Å². The molecule has 0 radical (unpaired) electrons. The summed E-state index contributed by atoms with van der Waals surface area (Å²) in [6.45, 7) is 8.50. The SMILES string of the molecule is COc1ccc([C@@H]2CCc3cc(O)ccc3C2)c(N(Cc2ccc(OCCN3CCCC3)c(F)c2)C(C)C)c1. The van der Waals surface area contributed by atoms with Crippen LogP contribution in [0.15, 0.2) is 54.6 Å². The molecule has 1 saturated heterocycles. The summed E-state index contributed by atoms with van der Waals surface area (Å²) in [7, 11) is 1.69. The Kier molecular flexibility index (Phi) is 8.61. The predicted octanol–water partition coefficient (Wildman–Crippen LogP) is 6.70. The maximum Gasteiger partial charge on any atom is 0.165 e. The summed E-state index contributed by atoms with van der Waals surface area (Å²) < 4.78 is 26.5. The first-order valence-corrected chi connectivity index (χ1v) is 14.3. The van der Waals surface area contributed by atoms with E-state index in [2.05, 4.69) is 41.8 Å². The van der Waals surface area contributed by atoms with E-state index in [-0.39, 0.29) is 11.9 Å². The van der Waals surface area contributed by atoms with Gasteiger partial charge in [-0.05, 0) is 118 Å². The average molecular weight is 533 g/mol. The van der Waals surface area contributed by atoms with E-state index in [9.17, 15) is 5.11 Å². The summed E-state index contributed by atoms with van der Waals surface area (Å²) in [5, 5.41) is 9.91. The lowest BCUT2D eigenvalue weighted by molar-refractivity contribution is 0.231. The van der Waals surface area contributed by atoms with Gasteiger partial charge in [0.1, 0.15) is 18.1 Å². The lowest BCUT2D eigenvalue weighted by Crippen LogP contribution is -2.32. The van der Waals surface area contributed by atoms with Gasteiger partial charge in [-0.3, -0.25) is 4.90 Å². The van der Waals surface area contributed by atoms with Gasteiger partial charge in [0.2, 0.25) is 0 Å². The summed E-state index contributed by atoms with van der Waals surface area (Å²) in [4.78, 5) is 4.71. The van der Waals surface area contributed by atoms with Crippen molar-refractivity contribution in [3.63, 3.8) is 0 Å². The van der Waals surface area contributed by atoms with Gasteiger partial charge in [0.05, 0.1) is 7.11 Å². The molecule has 208 valence electrons. The van der Waals surface area contributed by atoms with Crippen molar-refractivity contribution in [3.8, 4) is 17.2 Å². The van der Waals surface area contributed by atoms with Gasteiger partial charge in [-0.25, -0.2) is 4.39 Å². The molecule has 1 fully saturated rings. The highest BCUT2D eigenvalue weighted by atomic mass is 19.1. The number of nitrogens with zero attached hydrogens (tertiary/aromatic N) is 2. The number of benzene rings is 3. The molecule has 0 aromatic heterocycles. The van der Waals surface area contributed by atoms with Crippen LogP contribution in [0, 0.1) is 5.82 Å². The van der Waals surface area contributed by atoms with E-state index >= 15 is 4.39 Å². The fraction of sp³-hybridized carbons (Fsp3) is 0.455. The third-order valence-corrected chi connectivity index (χ3v) is 8.24. The molecule has 0 bridgehead atoms. The third-order valence-electron chi connectivity index (χ3n) is 8.24. The fourth-order valence-electron chi connectivity index (χ4n) is 6.04. The Balaban J connectivity index is 1.35. The number of ether oxygens (including phenoxy) is 2. The summed E-state index contributed by atoms with van der Waals surface area (Å²) in [6, 6.07) is 17.6. The molecule has 1 heterocycles. The minimum atomic E-state index is -0.310. The second-order valence-corrected chi connectivity index (χ2v) is 11.2. The molecule has 0 saturated carbocycles. The lowest BCUT2D eigenvalue weighted by Gasteiger charge is -2.35. The molecule has 2 aliphatic rings. The first kappa shape index (κ1) is 27.3. The van der Waals surface area contributed by atoms with Crippen molar-refractivity contribution in [3.05, 3.63) is 82.7 Å². The molecule has 1 N–H and O–H groups in total. The Morgan fingerprint density at radius 3 is 2.59 bits per heavy atom. The number of aryl methyl sites for hydroxylation is 1. The first-order chi connectivity index (χ1) is 18.9. The molecule has 1 atom stereocenters. The lowest BCUT2D eigenvalue weighted by atomic mass is 9.79. The van der Waals surface area contributed by atoms with Crippen molar-refractivity contribution in [2.45, 2.75) is 64.5 Å². The number of likely N-dealkylation sites (tertiary alicyclic amines) is 1. The smallest absolute Gasteiger partial charge is 0.165 e. The Morgan fingerprint density at radius 2 is 1.85 bits per heavy atom. The van der Waals surface area contributed by atoms with E-state index in [1.807, 2.05) is 18.2 Å². The predicted molar refractivity (Wildman–Crippen MR) is 155 cm³/mol. The molecular weight excluding hydrogens is 491 g/mol. The molecule has 6 heteroatoms. The van der Waals surface area contributed by atoms with Crippen LogP contribution in [-0.4, -0.2) is 49.4 Å². The molecule has 1 aliphatic heterocycles. The van der Waals surface area contributed by atoms with Crippen LogP contribution in [0.3, 0.4) is 0 Å². The largest absolute Gasteiger partial charge is 0.508 e. The molecule has 0 amide bonds. The van der Waals surface area contributed by atoms with Crippen LogP contribution in [0.2, 0.25) is 0 Å². The van der Waals surface area contributed by atoms with Crippen molar-refractivity contribution >= 4 is 5.69 Å².